The number of carbonyl (C=O) groups excluding carboxylic acids is 1. The first-order valence-corrected chi connectivity index (χ1v) is 10.1. The Balaban J connectivity index is 1.61. The Hall–Kier alpha value is -1.34. The van der Waals surface area contributed by atoms with Crippen LogP contribution in [-0.2, 0) is 14.6 Å². The van der Waals surface area contributed by atoms with Crippen molar-refractivity contribution >= 4 is 15.7 Å². The second-order valence-electron chi connectivity index (χ2n) is 6.47. The number of sulfone groups is 1. The summed E-state index contributed by atoms with van der Waals surface area (Å²) in [5, 5.41) is 2.94. The van der Waals surface area contributed by atoms with Gasteiger partial charge in [-0.25, -0.2) is 8.42 Å². The number of carbonyl (C=O) groups is 1. The van der Waals surface area contributed by atoms with Gasteiger partial charge in [0.2, 0.25) is 5.91 Å². The highest BCUT2D eigenvalue weighted by molar-refractivity contribution is 7.91. The van der Waals surface area contributed by atoms with Gasteiger partial charge in [-0.15, -0.1) is 0 Å². The fourth-order valence-corrected chi connectivity index (χ4v) is 5.21. The maximum Gasteiger partial charge on any atom is 0.224 e. The van der Waals surface area contributed by atoms with Crippen LogP contribution in [0.25, 0.3) is 0 Å². The van der Waals surface area contributed by atoms with E-state index < -0.39 is 15.8 Å². The van der Waals surface area contributed by atoms with Gasteiger partial charge in [-0.3, -0.25) is 9.69 Å². The molecular formula is C16H24N2O4S. The van der Waals surface area contributed by atoms with Gasteiger partial charge < -0.3 is 9.73 Å². The highest BCUT2D eigenvalue weighted by atomic mass is 32.2. The Kier molecular flexibility index (Phi) is 5.06. The first-order chi connectivity index (χ1) is 11.1. The van der Waals surface area contributed by atoms with Crippen molar-refractivity contribution in [2.45, 2.75) is 31.7 Å². The quantitative estimate of drug-likeness (QED) is 0.875. The molecule has 7 heteroatoms. The van der Waals surface area contributed by atoms with Crippen LogP contribution >= 0.6 is 0 Å². The molecule has 1 aromatic heterocycles. The van der Waals surface area contributed by atoms with Gasteiger partial charge in [-0.05, 0) is 44.5 Å². The molecule has 0 radical (unpaired) electrons. The Morgan fingerprint density at radius 2 is 2.13 bits per heavy atom. The van der Waals surface area contributed by atoms with Crippen molar-refractivity contribution in [3.63, 3.8) is 0 Å². The molecule has 128 valence electrons. The number of piperidine rings is 1. The summed E-state index contributed by atoms with van der Waals surface area (Å²) >= 11 is 0. The maximum atomic E-state index is 12.3. The summed E-state index contributed by atoms with van der Waals surface area (Å²) in [6.45, 7) is 2.46. The van der Waals surface area contributed by atoms with Crippen LogP contribution in [0, 0.1) is 5.92 Å². The zero-order chi connectivity index (χ0) is 16.3. The van der Waals surface area contributed by atoms with Crippen molar-refractivity contribution in [2.75, 3.05) is 31.1 Å². The molecule has 2 saturated heterocycles. The predicted octanol–water partition coefficient (Wildman–Crippen LogP) is 1.36. The van der Waals surface area contributed by atoms with Gasteiger partial charge in [0.1, 0.15) is 5.76 Å². The Bertz CT molecular complexity index is 621. The third-order valence-electron chi connectivity index (χ3n) is 4.78. The average molecular weight is 340 g/mol. The molecule has 0 aromatic carbocycles. The van der Waals surface area contributed by atoms with E-state index in [4.69, 9.17) is 4.42 Å². The van der Waals surface area contributed by atoms with Crippen molar-refractivity contribution in [3.05, 3.63) is 24.2 Å². The van der Waals surface area contributed by atoms with Crippen LogP contribution in [0.5, 0.6) is 0 Å². The van der Waals surface area contributed by atoms with E-state index in [0.717, 1.165) is 31.7 Å². The third kappa shape index (κ3) is 4.14. The number of hydrogen-bond acceptors (Lipinski definition) is 5. The fourth-order valence-electron chi connectivity index (χ4n) is 3.46. The molecule has 2 aliphatic rings. The molecule has 2 aliphatic heterocycles. The largest absolute Gasteiger partial charge is 0.468 e. The van der Waals surface area contributed by atoms with Crippen molar-refractivity contribution < 1.29 is 17.6 Å². The van der Waals surface area contributed by atoms with E-state index in [1.165, 1.54) is 6.42 Å². The molecule has 0 saturated carbocycles. The van der Waals surface area contributed by atoms with Gasteiger partial charge >= 0.3 is 0 Å². The number of rotatable bonds is 5. The van der Waals surface area contributed by atoms with Crippen LogP contribution in [0.1, 0.15) is 37.5 Å². The molecule has 3 heterocycles. The highest BCUT2D eigenvalue weighted by Crippen LogP contribution is 2.25. The predicted molar refractivity (Wildman–Crippen MR) is 86.6 cm³/mol. The van der Waals surface area contributed by atoms with Crippen LogP contribution in [0.15, 0.2) is 22.8 Å². The number of amides is 1. The van der Waals surface area contributed by atoms with Gasteiger partial charge in [-0.2, -0.15) is 0 Å². The first kappa shape index (κ1) is 16.5. The zero-order valence-corrected chi connectivity index (χ0v) is 14.1. The van der Waals surface area contributed by atoms with Crippen LogP contribution in [0.4, 0.5) is 0 Å². The molecule has 3 rings (SSSR count). The minimum atomic E-state index is -3.03. The number of nitrogens with zero attached hydrogens (tertiary/aromatic N) is 1. The second kappa shape index (κ2) is 7.05. The van der Waals surface area contributed by atoms with Crippen LogP contribution in [0.2, 0.25) is 0 Å². The SMILES string of the molecule is O=C(NCC(c1ccco1)N1CCCCC1)C1CCS(=O)(=O)C1. The van der Waals surface area contributed by atoms with Gasteiger partial charge in [0.05, 0.1) is 29.7 Å². The maximum absolute atomic E-state index is 12.3. The van der Waals surface area contributed by atoms with Crippen molar-refractivity contribution in [2.24, 2.45) is 5.92 Å². The summed E-state index contributed by atoms with van der Waals surface area (Å²) < 4.78 is 28.6. The Morgan fingerprint density at radius 1 is 1.35 bits per heavy atom. The number of furan rings is 1. The minimum Gasteiger partial charge on any atom is -0.468 e. The van der Waals surface area contributed by atoms with E-state index in [-0.39, 0.29) is 23.5 Å². The summed E-state index contributed by atoms with van der Waals surface area (Å²) in [6.07, 6.45) is 5.65. The summed E-state index contributed by atoms with van der Waals surface area (Å²) in [4.78, 5) is 14.6. The Labute approximate surface area is 137 Å². The van der Waals surface area contributed by atoms with Gasteiger partial charge in [0, 0.05) is 6.54 Å². The topological polar surface area (TPSA) is 79.6 Å². The molecule has 1 N–H and O–H groups in total. The number of nitrogens with one attached hydrogen (secondary N) is 1. The molecule has 0 spiro atoms. The minimum absolute atomic E-state index is 0.0199. The van der Waals surface area contributed by atoms with Crippen LogP contribution in [-0.4, -0.2) is 50.4 Å². The summed E-state index contributed by atoms with van der Waals surface area (Å²) in [7, 11) is -3.03. The molecule has 1 amide bonds. The van der Waals surface area contributed by atoms with Gasteiger partial charge in [0.25, 0.3) is 0 Å². The molecular weight excluding hydrogens is 316 g/mol. The summed E-state index contributed by atoms with van der Waals surface area (Å²) in [5.41, 5.74) is 0. The van der Waals surface area contributed by atoms with E-state index in [1.807, 2.05) is 12.1 Å². The number of hydrogen-bond donors (Lipinski definition) is 1. The van der Waals surface area contributed by atoms with E-state index >= 15 is 0 Å². The molecule has 1 aromatic rings. The molecule has 2 unspecified atom stereocenters. The first-order valence-electron chi connectivity index (χ1n) is 8.31. The monoisotopic (exact) mass is 340 g/mol. The second-order valence-corrected chi connectivity index (χ2v) is 8.70. The lowest BCUT2D eigenvalue weighted by Gasteiger charge is -2.33. The molecule has 2 fully saturated rings. The number of likely N-dealkylation sites (tertiary alicyclic amines) is 1. The highest BCUT2D eigenvalue weighted by Gasteiger charge is 2.33. The van der Waals surface area contributed by atoms with Gasteiger partial charge in [-0.1, -0.05) is 6.42 Å². The summed E-state index contributed by atoms with van der Waals surface area (Å²) in [5.74, 6) is 0.400. The zero-order valence-electron chi connectivity index (χ0n) is 13.2. The molecule has 6 nitrogen and oxygen atoms in total. The van der Waals surface area contributed by atoms with Gasteiger partial charge in [0.15, 0.2) is 9.84 Å². The molecule has 2 atom stereocenters. The lowest BCUT2D eigenvalue weighted by molar-refractivity contribution is -0.124. The van der Waals surface area contributed by atoms with Crippen molar-refractivity contribution in [3.8, 4) is 0 Å². The summed E-state index contributed by atoms with van der Waals surface area (Å²) in [6, 6.07) is 3.82. The Morgan fingerprint density at radius 3 is 2.74 bits per heavy atom. The van der Waals surface area contributed by atoms with Crippen molar-refractivity contribution in [1.29, 1.82) is 0 Å². The molecule has 0 bridgehead atoms. The molecule has 23 heavy (non-hydrogen) atoms. The molecule has 0 aliphatic carbocycles. The van der Waals surface area contributed by atoms with Crippen LogP contribution < -0.4 is 5.32 Å². The fraction of sp³-hybridized carbons (Fsp3) is 0.688. The lowest BCUT2D eigenvalue weighted by atomic mass is 10.1. The normalized spacial score (nSPS) is 26.0. The van der Waals surface area contributed by atoms with Crippen molar-refractivity contribution in [1.82, 2.24) is 10.2 Å². The standard InChI is InChI=1S/C16H24N2O4S/c19-16(13-6-10-23(20,21)12-13)17-11-14(15-5-4-9-22-15)18-7-2-1-3-8-18/h4-5,9,13-14H,1-3,6-8,10-12H2,(H,17,19). The average Bonchev–Trinajstić information content (AvgIpc) is 3.18. The third-order valence-corrected chi connectivity index (χ3v) is 6.54. The van der Waals surface area contributed by atoms with E-state index in [2.05, 4.69) is 10.2 Å². The van der Waals surface area contributed by atoms with E-state index in [1.54, 1.807) is 6.26 Å². The van der Waals surface area contributed by atoms with Crippen LogP contribution in [0.3, 0.4) is 0 Å². The smallest absolute Gasteiger partial charge is 0.224 e. The van der Waals surface area contributed by atoms with E-state index in [0.29, 0.717) is 13.0 Å². The van der Waals surface area contributed by atoms with E-state index in [9.17, 15) is 13.2 Å². The lowest BCUT2D eigenvalue weighted by Crippen LogP contribution is -2.42.